The molecule has 0 unspecified atom stereocenters. The van der Waals surface area contributed by atoms with Gasteiger partial charge in [-0.05, 0) is 30.7 Å². The minimum atomic E-state index is -0.130. The predicted octanol–water partition coefficient (Wildman–Crippen LogP) is 2.60. The van der Waals surface area contributed by atoms with Crippen LogP contribution in [-0.4, -0.2) is 52.0 Å². The summed E-state index contributed by atoms with van der Waals surface area (Å²) >= 11 is 0. The van der Waals surface area contributed by atoms with E-state index in [9.17, 15) is 4.79 Å². The fourth-order valence-electron chi connectivity index (χ4n) is 4.38. The molecule has 1 aromatic carbocycles. The third-order valence-electron chi connectivity index (χ3n) is 5.94. The van der Waals surface area contributed by atoms with E-state index >= 15 is 0 Å². The molecule has 0 saturated carbocycles. The van der Waals surface area contributed by atoms with Crippen molar-refractivity contribution in [3.63, 3.8) is 0 Å². The SMILES string of the molecule is Cc1nn(-c2ncnc3nc[nH]c23)c2c1[C@@H](c1ccc(OCCn3cccn3)cc1)CC(=O)N2. The van der Waals surface area contributed by atoms with E-state index in [-0.39, 0.29) is 11.8 Å². The van der Waals surface area contributed by atoms with Gasteiger partial charge in [-0.2, -0.15) is 14.9 Å². The first-order valence-electron chi connectivity index (χ1n) is 10.9. The maximum atomic E-state index is 12.7. The molecule has 170 valence electrons. The number of ether oxygens (including phenoxy) is 1. The predicted molar refractivity (Wildman–Crippen MR) is 123 cm³/mol. The van der Waals surface area contributed by atoms with E-state index in [1.54, 1.807) is 17.2 Å². The Morgan fingerprint density at radius 3 is 2.88 bits per heavy atom. The monoisotopic (exact) mass is 455 g/mol. The summed E-state index contributed by atoms with van der Waals surface area (Å²) in [5.74, 6) is 1.72. The number of anilines is 1. The lowest BCUT2D eigenvalue weighted by molar-refractivity contribution is -0.116. The number of carbonyl (C=O) groups excluding carboxylic acids is 1. The van der Waals surface area contributed by atoms with Crippen LogP contribution in [0.15, 0.2) is 55.4 Å². The first kappa shape index (κ1) is 20.1. The number of benzene rings is 1. The molecule has 1 atom stereocenters. The average Bonchev–Trinajstić information content (AvgIpc) is 3.60. The highest BCUT2D eigenvalue weighted by atomic mass is 16.5. The van der Waals surface area contributed by atoms with Crippen LogP contribution in [0.25, 0.3) is 17.0 Å². The number of hydrogen-bond acceptors (Lipinski definition) is 7. The third kappa shape index (κ3) is 3.47. The van der Waals surface area contributed by atoms with E-state index in [2.05, 4.69) is 30.4 Å². The molecule has 0 bridgehead atoms. The maximum Gasteiger partial charge on any atom is 0.226 e. The molecule has 1 amide bonds. The van der Waals surface area contributed by atoms with E-state index in [1.165, 1.54) is 6.33 Å². The van der Waals surface area contributed by atoms with Crippen molar-refractivity contribution in [2.45, 2.75) is 25.8 Å². The maximum absolute atomic E-state index is 12.7. The Kier molecular flexibility index (Phi) is 4.79. The first-order valence-corrected chi connectivity index (χ1v) is 10.9. The largest absolute Gasteiger partial charge is 0.492 e. The summed E-state index contributed by atoms with van der Waals surface area (Å²) in [5.41, 5.74) is 4.01. The number of aromatic nitrogens is 8. The van der Waals surface area contributed by atoms with Crippen LogP contribution in [0.3, 0.4) is 0 Å². The highest BCUT2D eigenvalue weighted by Crippen LogP contribution is 2.40. The summed E-state index contributed by atoms with van der Waals surface area (Å²) in [6, 6.07) is 9.76. The van der Waals surface area contributed by atoms with Crippen molar-refractivity contribution in [1.29, 1.82) is 0 Å². The number of fused-ring (bicyclic) bond motifs is 2. The van der Waals surface area contributed by atoms with Gasteiger partial charge >= 0.3 is 0 Å². The minimum absolute atomic E-state index is 0.0758. The van der Waals surface area contributed by atoms with Gasteiger partial charge in [-0.1, -0.05) is 12.1 Å². The number of nitrogens with zero attached hydrogens (tertiary/aromatic N) is 7. The lowest BCUT2D eigenvalue weighted by Gasteiger charge is -2.24. The van der Waals surface area contributed by atoms with E-state index < -0.39 is 0 Å². The van der Waals surface area contributed by atoms with Crippen LogP contribution in [0.1, 0.15) is 29.2 Å². The second-order valence-electron chi connectivity index (χ2n) is 8.05. The Morgan fingerprint density at radius 1 is 1.18 bits per heavy atom. The number of imidazole rings is 1. The van der Waals surface area contributed by atoms with Crippen molar-refractivity contribution >= 4 is 22.9 Å². The van der Waals surface area contributed by atoms with Crippen LogP contribution in [0.4, 0.5) is 5.82 Å². The summed E-state index contributed by atoms with van der Waals surface area (Å²) < 4.78 is 9.33. The van der Waals surface area contributed by atoms with Gasteiger partial charge in [-0.25, -0.2) is 15.0 Å². The third-order valence-corrected chi connectivity index (χ3v) is 5.94. The van der Waals surface area contributed by atoms with E-state index in [4.69, 9.17) is 9.84 Å². The quantitative estimate of drug-likeness (QED) is 0.403. The lowest BCUT2D eigenvalue weighted by atomic mass is 9.86. The molecule has 2 N–H and O–H groups in total. The molecular formula is C23H21N9O2. The van der Waals surface area contributed by atoms with Crippen LogP contribution >= 0.6 is 0 Å². The number of aryl methyl sites for hydroxylation is 1. The molecule has 4 aromatic heterocycles. The summed E-state index contributed by atoms with van der Waals surface area (Å²) in [7, 11) is 0. The fourth-order valence-corrected chi connectivity index (χ4v) is 4.38. The molecule has 0 spiro atoms. The van der Waals surface area contributed by atoms with Gasteiger partial charge in [0.25, 0.3) is 0 Å². The van der Waals surface area contributed by atoms with E-state index in [1.807, 2.05) is 48.1 Å². The Hall–Kier alpha value is -4.54. The molecule has 34 heavy (non-hydrogen) atoms. The molecule has 0 fully saturated rings. The number of rotatable bonds is 6. The number of nitrogens with one attached hydrogen (secondary N) is 2. The Balaban J connectivity index is 1.30. The number of aromatic amines is 1. The van der Waals surface area contributed by atoms with Crippen molar-refractivity contribution in [3.05, 3.63) is 72.2 Å². The number of hydrogen-bond donors (Lipinski definition) is 2. The Labute approximate surface area is 193 Å². The standard InChI is InChI=1S/C23H21N9O2/c1-14-19-17(15-3-5-16(6-4-15)34-10-9-31-8-2-7-28-31)11-18(33)29-22(19)32(30-14)23-20-21(25-12-24-20)26-13-27-23/h2-8,12-13,17H,9-11H2,1H3,(H,29,33)(H,24,25,26,27)/t17-/m1/s1. The second kappa shape index (κ2) is 8.10. The van der Waals surface area contributed by atoms with Gasteiger partial charge in [-0.3, -0.25) is 9.48 Å². The van der Waals surface area contributed by atoms with Gasteiger partial charge < -0.3 is 15.0 Å². The molecule has 5 aromatic rings. The highest BCUT2D eigenvalue weighted by molar-refractivity contribution is 5.95. The number of amides is 1. The molecule has 0 saturated heterocycles. The summed E-state index contributed by atoms with van der Waals surface area (Å²) in [4.78, 5) is 28.5. The molecule has 1 aliphatic rings. The van der Waals surface area contributed by atoms with Gasteiger partial charge in [0.15, 0.2) is 11.5 Å². The van der Waals surface area contributed by atoms with Crippen molar-refractivity contribution in [1.82, 2.24) is 39.5 Å². The molecule has 0 aliphatic carbocycles. The zero-order valence-corrected chi connectivity index (χ0v) is 18.3. The molecule has 0 radical (unpaired) electrons. The van der Waals surface area contributed by atoms with Gasteiger partial charge in [0.1, 0.15) is 30.0 Å². The smallest absolute Gasteiger partial charge is 0.226 e. The second-order valence-corrected chi connectivity index (χ2v) is 8.05. The van der Waals surface area contributed by atoms with Crippen LogP contribution in [0.2, 0.25) is 0 Å². The molecule has 11 nitrogen and oxygen atoms in total. The van der Waals surface area contributed by atoms with Gasteiger partial charge in [0, 0.05) is 30.3 Å². The molecular weight excluding hydrogens is 434 g/mol. The summed E-state index contributed by atoms with van der Waals surface area (Å²) in [6.45, 7) is 3.13. The Bertz CT molecular complexity index is 1470. The van der Waals surface area contributed by atoms with Crippen molar-refractivity contribution in [2.75, 3.05) is 11.9 Å². The topological polar surface area (TPSA) is 128 Å². The van der Waals surface area contributed by atoms with Crippen molar-refractivity contribution in [2.24, 2.45) is 0 Å². The van der Waals surface area contributed by atoms with Gasteiger partial charge in [0.2, 0.25) is 5.91 Å². The summed E-state index contributed by atoms with van der Waals surface area (Å²) in [6.07, 6.45) is 6.98. The number of H-pyrrole nitrogens is 1. The summed E-state index contributed by atoms with van der Waals surface area (Å²) in [5, 5.41) is 11.9. The lowest BCUT2D eigenvalue weighted by Crippen LogP contribution is -2.25. The first-order chi connectivity index (χ1) is 16.7. The highest BCUT2D eigenvalue weighted by Gasteiger charge is 2.33. The zero-order chi connectivity index (χ0) is 23.1. The molecule has 6 rings (SSSR count). The average molecular weight is 455 g/mol. The van der Waals surface area contributed by atoms with Crippen LogP contribution in [0, 0.1) is 6.92 Å². The number of carbonyl (C=O) groups is 1. The van der Waals surface area contributed by atoms with Crippen molar-refractivity contribution in [3.8, 4) is 11.6 Å². The van der Waals surface area contributed by atoms with Crippen molar-refractivity contribution < 1.29 is 9.53 Å². The zero-order valence-electron chi connectivity index (χ0n) is 18.3. The normalized spacial score (nSPS) is 15.3. The fraction of sp³-hybridized carbons (Fsp3) is 0.217. The van der Waals surface area contributed by atoms with Gasteiger partial charge in [-0.15, -0.1) is 0 Å². The van der Waals surface area contributed by atoms with Gasteiger partial charge in [0.05, 0.1) is 18.6 Å². The van der Waals surface area contributed by atoms with Crippen LogP contribution in [-0.2, 0) is 11.3 Å². The molecule has 5 heterocycles. The Morgan fingerprint density at radius 2 is 2.06 bits per heavy atom. The van der Waals surface area contributed by atoms with Crippen LogP contribution in [0.5, 0.6) is 5.75 Å². The van der Waals surface area contributed by atoms with Crippen LogP contribution < -0.4 is 10.1 Å². The van der Waals surface area contributed by atoms with E-state index in [0.29, 0.717) is 42.4 Å². The van der Waals surface area contributed by atoms with E-state index in [0.717, 1.165) is 22.6 Å². The molecule has 1 aliphatic heterocycles. The molecule has 11 heteroatoms. The minimum Gasteiger partial charge on any atom is -0.492 e.